The first-order valence-electron chi connectivity index (χ1n) is 5.24. The third-order valence-electron chi connectivity index (χ3n) is 2.93. The zero-order valence-corrected chi connectivity index (χ0v) is 13.4. The molecule has 0 radical (unpaired) electrons. The van der Waals surface area contributed by atoms with Crippen LogP contribution in [-0.4, -0.2) is 19.9 Å². The second-order valence-corrected chi connectivity index (χ2v) is 8.12. The Morgan fingerprint density at radius 3 is 2.24 bits per heavy atom. The Labute approximate surface area is 116 Å². The van der Waals surface area contributed by atoms with Crippen molar-refractivity contribution in [2.24, 2.45) is 0 Å². The zero-order chi connectivity index (χ0) is 13.4. The molecule has 0 saturated carbocycles. The predicted molar refractivity (Wildman–Crippen MR) is 76.5 cm³/mol. The number of sulfone groups is 1. The fourth-order valence-corrected chi connectivity index (χ4v) is 3.40. The lowest BCUT2D eigenvalue weighted by molar-refractivity contribution is 0.587. The van der Waals surface area contributed by atoms with E-state index >= 15 is 0 Å². The van der Waals surface area contributed by atoms with Gasteiger partial charge in [0, 0.05) is 10.7 Å². The topological polar surface area (TPSA) is 34.1 Å². The molecule has 2 nitrogen and oxygen atoms in total. The minimum absolute atomic E-state index is 0.517. The van der Waals surface area contributed by atoms with Gasteiger partial charge in [-0.2, -0.15) is 0 Å². The highest BCUT2D eigenvalue weighted by Gasteiger charge is 2.26. The molecular weight excluding hydrogens is 324 g/mol. The lowest BCUT2D eigenvalue weighted by atomic mass is 10.0. The van der Waals surface area contributed by atoms with Crippen molar-refractivity contribution in [2.75, 3.05) is 6.26 Å². The number of rotatable bonds is 3. The van der Waals surface area contributed by atoms with Crippen molar-refractivity contribution >= 4 is 37.4 Å². The molecule has 0 aliphatic heterocycles. The van der Waals surface area contributed by atoms with Gasteiger partial charge < -0.3 is 0 Å². The van der Waals surface area contributed by atoms with Crippen LogP contribution in [0.25, 0.3) is 0 Å². The lowest BCUT2D eigenvalue weighted by Gasteiger charge is -2.19. The summed E-state index contributed by atoms with van der Waals surface area (Å²) >= 11 is 9.72. The molecule has 0 amide bonds. The summed E-state index contributed by atoms with van der Waals surface area (Å²) in [5.74, 6) is 0. The van der Waals surface area contributed by atoms with E-state index in [2.05, 4.69) is 15.9 Å². The van der Waals surface area contributed by atoms with E-state index in [0.29, 0.717) is 0 Å². The molecule has 1 rings (SSSR count). The lowest BCUT2D eigenvalue weighted by Crippen LogP contribution is -2.21. The Hall–Kier alpha value is -0.0600. The minimum atomic E-state index is -3.13. The fourth-order valence-electron chi connectivity index (χ4n) is 1.57. The van der Waals surface area contributed by atoms with Gasteiger partial charge in [-0.25, -0.2) is 8.42 Å². The molecule has 0 aliphatic carbocycles. The van der Waals surface area contributed by atoms with Gasteiger partial charge in [0.05, 0.1) is 10.6 Å². The number of aryl methyl sites for hydroxylation is 2. The van der Waals surface area contributed by atoms with Crippen LogP contribution in [-0.2, 0) is 9.84 Å². The summed E-state index contributed by atoms with van der Waals surface area (Å²) in [5.41, 5.74) is 2.93. The summed E-state index contributed by atoms with van der Waals surface area (Å²) in [6, 6.07) is 3.91. The summed E-state index contributed by atoms with van der Waals surface area (Å²) in [5, 5.41) is -1.11. The molecule has 17 heavy (non-hydrogen) atoms. The van der Waals surface area contributed by atoms with Gasteiger partial charge in [-0.3, -0.25) is 0 Å². The van der Waals surface area contributed by atoms with E-state index in [1.54, 1.807) is 6.92 Å². The average molecular weight is 340 g/mol. The highest BCUT2D eigenvalue weighted by molar-refractivity contribution is 9.10. The Kier molecular flexibility index (Phi) is 4.67. The Bertz CT molecular complexity index is 526. The molecule has 0 aliphatic rings. The SMILES string of the molecule is Cc1cc(C(Cl)C(C)S(C)(=O)=O)c(C)cc1Br. The van der Waals surface area contributed by atoms with Crippen molar-refractivity contribution < 1.29 is 8.42 Å². The largest absolute Gasteiger partial charge is 0.229 e. The van der Waals surface area contributed by atoms with Gasteiger partial charge in [0.25, 0.3) is 0 Å². The second kappa shape index (κ2) is 5.29. The molecule has 1 aromatic rings. The van der Waals surface area contributed by atoms with Gasteiger partial charge in [0.15, 0.2) is 9.84 Å². The summed E-state index contributed by atoms with van der Waals surface area (Å²) in [6.07, 6.45) is 1.22. The Balaban J connectivity index is 3.22. The summed E-state index contributed by atoms with van der Waals surface area (Å²) in [7, 11) is -3.13. The summed E-state index contributed by atoms with van der Waals surface area (Å²) in [4.78, 5) is 0. The van der Waals surface area contributed by atoms with E-state index in [4.69, 9.17) is 11.6 Å². The van der Waals surface area contributed by atoms with E-state index in [0.717, 1.165) is 21.2 Å². The van der Waals surface area contributed by atoms with Gasteiger partial charge in [-0.15, -0.1) is 11.6 Å². The minimum Gasteiger partial charge on any atom is -0.229 e. The molecule has 5 heteroatoms. The van der Waals surface area contributed by atoms with Crippen molar-refractivity contribution in [3.05, 3.63) is 33.3 Å². The molecule has 0 bridgehead atoms. The smallest absolute Gasteiger partial charge is 0.151 e. The van der Waals surface area contributed by atoms with Crippen molar-refractivity contribution in [2.45, 2.75) is 31.4 Å². The van der Waals surface area contributed by atoms with Crippen LogP contribution >= 0.6 is 27.5 Å². The first-order chi connectivity index (χ1) is 7.64. The van der Waals surface area contributed by atoms with E-state index in [9.17, 15) is 8.42 Å². The molecule has 0 spiro atoms. The average Bonchev–Trinajstić information content (AvgIpc) is 2.20. The molecule has 2 atom stereocenters. The van der Waals surface area contributed by atoms with Gasteiger partial charge in [-0.1, -0.05) is 22.0 Å². The molecule has 0 aromatic heterocycles. The van der Waals surface area contributed by atoms with Crippen LogP contribution in [0.5, 0.6) is 0 Å². The molecule has 0 N–H and O–H groups in total. The number of alkyl halides is 1. The van der Waals surface area contributed by atoms with Crippen molar-refractivity contribution in [1.82, 2.24) is 0 Å². The second-order valence-electron chi connectivity index (χ2n) is 4.39. The van der Waals surface area contributed by atoms with Crippen LogP contribution in [0.15, 0.2) is 16.6 Å². The number of hydrogen-bond acceptors (Lipinski definition) is 2. The molecule has 0 heterocycles. The number of benzene rings is 1. The summed E-state index contributed by atoms with van der Waals surface area (Å²) in [6.45, 7) is 5.54. The maximum absolute atomic E-state index is 11.5. The number of halogens is 2. The summed E-state index contributed by atoms with van der Waals surface area (Å²) < 4.78 is 24.0. The van der Waals surface area contributed by atoms with E-state index in [1.807, 2.05) is 26.0 Å². The quantitative estimate of drug-likeness (QED) is 0.785. The monoisotopic (exact) mass is 338 g/mol. The van der Waals surface area contributed by atoms with Crippen LogP contribution in [0.2, 0.25) is 0 Å². The van der Waals surface area contributed by atoms with Gasteiger partial charge in [0.2, 0.25) is 0 Å². The third-order valence-corrected chi connectivity index (χ3v) is 6.17. The Morgan fingerprint density at radius 1 is 1.24 bits per heavy atom. The van der Waals surface area contributed by atoms with E-state index < -0.39 is 20.5 Å². The zero-order valence-electron chi connectivity index (χ0n) is 10.3. The van der Waals surface area contributed by atoms with Crippen LogP contribution < -0.4 is 0 Å². The van der Waals surface area contributed by atoms with E-state index in [-0.39, 0.29) is 0 Å². The molecule has 1 aromatic carbocycles. The van der Waals surface area contributed by atoms with Crippen LogP contribution in [0.3, 0.4) is 0 Å². The maximum atomic E-state index is 11.5. The van der Waals surface area contributed by atoms with Gasteiger partial charge in [0.1, 0.15) is 0 Å². The first kappa shape index (κ1) is 15.0. The molecule has 0 fully saturated rings. The first-order valence-corrected chi connectivity index (χ1v) is 8.42. The van der Waals surface area contributed by atoms with Gasteiger partial charge >= 0.3 is 0 Å². The number of hydrogen-bond donors (Lipinski definition) is 0. The van der Waals surface area contributed by atoms with Crippen LogP contribution in [0, 0.1) is 13.8 Å². The normalized spacial score (nSPS) is 15.6. The molecular formula is C12H16BrClO2S. The standard InChI is InChI=1S/C12H16BrClO2S/c1-7-6-11(13)8(2)5-10(7)12(14)9(3)17(4,15)16/h5-6,9,12H,1-4H3. The van der Waals surface area contributed by atoms with Crippen LogP contribution in [0.4, 0.5) is 0 Å². The van der Waals surface area contributed by atoms with Crippen LogP contribution in [0.1, 0.15) is 29.0 Å². The van der Waals surface area contributed by atoms with Crippen molar-refractivity contribution in [3.8, 4) is 0 Å². The van der Waals surface area contributed by atoms with Crippen molar-refractivity contribution in [1.29, 1.82) is 0 Å². The Morgan fingerprint density at radius 2 is 1.76 bits per heavy atom. The molecule has 2 unspecified atom stereocenters. The van der Waals surface area contributed by atoms with E-state index in [1.165, 1.54) is 6.26 Å². The predicted octanol–water partition coefficient (Wildman–Crippen LogP) is 3.78. The maximum Gasteiger partial charge on any atom is 0.151 e. The molecule has 0 saturated heterocycles. The molecule has 96 valence electrons. The highest BCUT2D eigenvalue weighted by atomic mass is 79.9. The van der Waals surface area contributed by atoms with Gasteiger partial charge in [-0.05, 0) is 43.5 Å². The van der Waals surface area contributed by atoms with Crippen molar-refractivity contribution in [3.63, 3.8) is 0 Å². The third kappa shape index (κ3) is 3.46. The highest BCUT2D eigenvalue weighted by Crippen LogP contribution is 2.33. The fraction of sp³-hybridized carbons (Fsp3) is 0.500.